The van der Waals surface area contributed by atoms with Crippen LogP contribution in [-0.2, 0) is 9.59 Å². The van der Waals surface area contributed by atoms with Crippen molar-refractivity contribution in [3.05, 3.63) is 88.7 Å². The molecular weight excluding hydrogens is 356 g/mol. The molecule has 2 aromatic rings. The molecule has 0 fully saturated rings. The number of carbonyl (C=O) groups excluding carboxylic acids is 1. The summed E-state index contributed by atoms with van der Waals surface area (Å²) >= 11 is 0. The Hall–Kier alpha value is -3.54. The van der Waals surface area contributed by atoms with E-state index in [1.54, 1.807) is 19.9 Å². The Balaban J connectivity index is 1.81. The van der Waals surface area contributed by atoms with Crippen LogP contribution in [0.1, 0.15) is 30.9 Å². The average Bonchev–Trinajstić information content (AvgIpc) is 3.19. The van der Waals surface area contributed by atoms with E-state index in [9.17, 15) is 14.7 Å². The number of dihydropyridines is 1. The number of rotatable bonds is 6. The summed E-state index contributed by atoms with van der Waals surface area (Å²) in [4.78, 5) is 24.8. The monoisotopic (exact) mass is 378 g/mol. The first kappa shape index (κ1) is 19.2. The van der Waals surface area contributed by atoms with Crippen molar-refractivity contribution in [2.45, 2.75) is 19.8 Å². The molecule has 0 saturated carbocycles. The molecule has 0 spiro atoms. The summed E-state index contributed by atoms with van der Waals surface area (Å²) < 4.78 is 5.14. The van der Waals surface area contributed by atoms with Gasteiger partial charge in [0.1, 0.15) is 0 Å². The standard InChI is InChI=1S/C22H22N2O4/c1-14-18(21(25)23-11-6-9-16-7-4-3-5-8-16)20(17-10-12-28-13-17)19(22(26)27)15(2)24-14/h3-10,12-13,20,24H,11H2,1-2H3,(H,23,25)(H,26,27). The van der Waals surface area contributed by atoms with Crippen LogP contribution in [0, 0.1) is 0 Å². The maximum absolute atomic E-state index is 12.9. The molecule has 1 amide bonds. The Morgan fingerprint density at radius 1 is 1.14 bits per heavy atom. The van der Waals surface area contributed by atoms with Crippen LogP contribution < -0.4 is 10.6 Å². The van der Waals surface area contributed by atoms with E-state index in [4.69, 9.17) is 4.42 Å². The lowest BCUT2D eigenvalue weighted by molar-refractivity contribution is -0.133. The summed E-state index contributed by atoms with van der Waals surface area (Å²) in [6, 6.07) is 11.4. The van der Waals surface area contributed by atoms with Gasteiger partial charge in [0.2, 0.25) is 5.91 Å². The van der Waals surface area contributed by atoms with E-state index in [0.29, 0.717) is 29.1 Å². The summed E-state index contributed by atoms with van der Waals surface area (Å²) in [7, 11) is 0. The van der Waals surface area contributed by atoms with Gasteiger partial charge in [0.05, 0.1) is 24.0 Å². The lowest BCUT2D eigenvalue weighted by Gasteiger charge is -2.29. The molecule has 1 unspecified atom stereocenters. The van der Waals surface area contributed by atoms with Crippen LogP contribution in [0.3, 0.4) is 0 Å². The van der Waals surface area contributed by atoms with Gasteiger partial charge in [0.15, 0.2) is 0 Å². The van der Waals surface area contributed by atoms with Crippen LogP contribution in [0.15, 0.2) is 82.0 Å². The lowest BCUT2D eigenvalue weighted by Crippen LogP contribution is -2.36. The largest absolute Gasteiger partial charge is 0.478 e. The predicted molar refractivity (Wildman–Crippen MR) is 106 cm³/mol. The second-order valence-electron chi connectivity index (χ2n) is 6.52. The van der Waals surface area contributed by atoms with Crippen LogP contribution >= 0.6 is 0 Å². The second-order valence-corrected chi connectivity index (χ2v) is 6.52. The molecule has 28 heavy (non-hydrogen) atoms. The number of furan rings is 1. The van der Waals surface area contributed by atoms with Gasteiger partial charge in [-0.15, -0.1) is 0 Å². The van der Waals surface area contributed by atoms with E-state index in [2.05, 4.69) is 10.6 Å². The number of carboxylic acid groups (broad SMARTS) is 1. The van der Waals surface area contributed by atoms with E-state index in [1.165, 1.54) is 12.5 Å². The molecule has 0 bridgehead atoms. The quantitative estimate of drug-likeness (QED) is 0.716. The van der Waals surface area contributed by atoms with Crippen molar-refractivity contribution in [3.63, 3.8) is 0 Å². The van der Waals surface area contributed by atoms with Gasteiger partial charge >= 0.3 is 5.97 Å². The molecule has 0 aliphatic carbocycles. The number of aliphatic carboxylic acids is 1. The van der Waals surface area contributed by atoms with Gasteiger partial charge in [-0.2, -0.15) is 0 Å². The number of hydrogen-bond acceptors (Lipinski definition) is 4. The number of carboxylic acids is 1. The molecular formula is C22H22N2O4. The third kappa shape index (κ3) is 4.06. The molecule has 1 aliphatic heterocycles. The summed E-state index contributed by atoms with van der Waals surface area (Å²) in [5.74, 6) is -2.09. The second kappa shape index (κ2) is 8.43. The zero-order valence-electron chi connectivity index (χ0n) is 15.7. The van der Waals surface area contributed by atoms with Crippen molar-refractivity contribution < 1.29 is 19.1 Å². The molecule has 1 aromatic heterocycles. The minimum Gasteiger partial charge on any atom is -0.478 e. The van der Waals surface area contributed by atoms with Crippen molar-refractivity contribution in [2.24, 2.45) is 0 Å². The van der Waals surface area contributed by atoms with Gasteiger partial charge in [-0.05, 0) is 25.5 Å². The molecule has 3 rings (SSSR count). The van der Waals surface area contributed by atoms with Gasteiger partial charge in [-0.1, -0.05) is 42.5 Å². The van der Waals surface area contributed by atoms with Crippen LogP contribution in [0.2, 0.25) is 0 Å². The maximum Gasteiger partial charge on any atom is 0.334 e. The highest BCUT2D eigenvalue weighted by Gasteiger charge is 2.36. The smallest absolute Gasteiger partial charge is 0.334 e. The molecule has 3 N–H and O–H groups in total. The topological polar surface area (TPSA) is 91.6 Å². The van der Waals surface area contributed by atoms with Crippen molar-refractivity contribution >= 4 is 18.0 Å². The predicted octanol–water partition coefficient (Wildman–Crippen LogP) is 3.43. The third-order valence-corrected chi connectivity index (χ3v) is 4.60. The maximum atomic E-state index is 12.9. The van der Waals surface area contributed by atoms with Crippen LogP contribution in [0.4, 0.5) is 0 Å². The number of amides is 1. The molecule has 0 saturated heterocycles. The van der Waals surface area contributed by atoms with Gasteiger partial charge < -0.3 is 20.2 Å². The van der Waals surface area contributed by atoms with Crippen LogP contribution in [-0.4, -0.2) is 23.5 Å². The highest BCUT2D eigenvalue weighted by atomic mass is 16.4. The fourth-order valence-corrected chi connectivity index (χ4v) is 3.36. The number of benzene rings is 1. The number of carbonyl (C=O) groups is 2. The highest BCUT2D eigenvalue weighted by Crippen LogP contribution is 2.38. The molecule has 1 atom stereocenters. The fraction of sp³-hybridized carbons (Fsp3) is 0.182. The molecule has 6 heteroatoms. The average molecular weight is 378 g/mol. The van der Waals surface area contributed by atoms with Crippen molar-refractivity contribution in [1.29, 1.82) is 0 Å². The van der Waals surface area contributed by atoms with Crippen LogP contribution in [0.25, 0.3) is 6.08 Å². The Bertz CT molecular complexity index is 954. The molecule has 6 nitrogen and oxygen atoms in total. The van der Waals surface area contributed by atoms with Crippen molar-refractivity contribution in [2.75, 3.05) is 6.54 Å². The molecule has 1 aliphatic rings. The van der Waals surface area contributed by atoms with E-state index < -0.39 is 11.9 Å². The van der Waals surface area contributed by atoms with Crippen LogP contribution in [0.5, 0.6) is 0 Å². The summed E-state index contributed by atoms with van der Waals surface area (Å²) in [5.41, 5.74) is 3.31. The first-order valence-electron chi connectivity index (χ1n) is 8.92. The molecule has 2 heterocycles. The first-order chi connectivity index (χ1) is 13.5. The van der Waals surface area contributed by atoms with Gasteiger partial charge in [-0.25, -0.2) is 4.79 Å². The number of allylic oxidation sites excluding steroid dienone is 2. The SMILES string of the molecule is CC1=C(C(=O)O)C(c2ccoc2)C(C(=O)NCC=Cc2ccccc2)=C(C)N1. The number of nitrogens with one attached hydrogen (secondary N) is 2. The van der Waals surface area contributed by atoms with Gasteiger partial charge in [0.25, 0.3) is 0 Å². The highest BCUT2D eigenvalue weighted by molar-refractivity contribution is 6.01. The minimum atomic E-state index is -1.07. The third-order valence-electron chi connectivity index (χ3n) is 4.60. The Labute approximate surface area is 163 Å². The lowest BCUT2D eigenvalue weighted by atomic mass is 9.81. The van der Waals surface area contributed by atoms with E-state index >= 15 is 0 Å². The van der Waals surface area contributed by atoms with E-state index in [-0.39, 0.29) is 11.5 Å². The molecule has 1 aromatic carbocycles. The summed E-state index contributed by atoms with van der Waals surface area (Å²) in [5, 5.41) is 15.6. The van der Waals surface area contributed by atoms with E-state index in [1.807, 2.05) is 42.5 Å². The molecule has 144 valence electrons. The van der Waals surface area contributed by atoms with Gasteiger partial charge in [-0.3, -0.25) is 4.79 Å². The first-order valence-corrected chi connectivity index (χ1v) is 8.92. The normalized spacial score (nSPS) is 17.0. The van der Waals surface area contributed by atoms with Crippen molar-refractivity contribution in [3.8, 4) is 0 Å². The molecule has 0 radical (unpaired) electrons. The zero-order valence-corrected chi connectivity index (χ0v) is 15.7. The van der Waals surface area contributed by atoms with E-state index in [0.717, 1.165) is 5.56 Å². The van der Waals surface area contributed by atoms with Crippen molar-refractivity contribution in [1.82, 2.24) is 10.6 Å². The fourth-order valence-electron chi connectivity index (χ4n) is 3.36. The Kier molecular flexibility index (Phi) is 5.79. The summed E-state index contributed by atoms with van der Waals surface area (Å²) in [6.45, 7) is 3.79. The minimum absolute atomic E-state index is 0.136. The summed E-state index contributed by atoms with van der Waals surface area (Å²) in [6.07, 6.45) is 6.72. The van der Waals surface area contributed by atoms with Gasteiger partial charge in [0, 0.05) is 29.1 Å². The Morgan fingerprint density at radius 3 is 2.50 bits per heavy atom. The zero-order chi connectivity index (χ0) is 20.1. The Morgan fingerprint density at radius 2 is 1.86 bits per heavy atom. The number of hydrogen-bond donors (Lipinski definition) is 3.